The van der Waals surface area contributed by atoms with Crippen molar-refractivity contribution in [3.8, 4) is 28.7 Å². The first-order valence-corrected chi connectivity index (χ1v) is 19.8. The number of sulfonamides is 1. The van der Waals surface area contributed by atoms with Crippen molar-refractivity contribution in [2.75, 3.05) is 18.1 Å². The van der Waals surface area contributed by atoms with Gasteiger partial charge in [-0.3, -0.25) is 18.9 Å². The van der Waals surface area contributed by atoms with Crippen molar-refractivity contribution < 1.29 is 53.8 Å². The second-order valence-corrected chi connectivity index (χ2v) is 16.8. The molecule has 21 heteroatoms. The number of nitrogens with zero attached hydrogens (tertiary/aromatic N) is 5. The molecule has 0 saturated heterocycles. The highest BCUT2D eigenvalue weighted by molar-refractivity contribution is 7.92. The van der Waals surface area contributed by atoms with Crippen LogP contribution in [-0.4, -0.2) is 62.9 Å². The van der Waals surface area contributed by atoms with Gasteiger partial charge in [-0.2, -0.15) is 32.1 Å². The molecule has 314 valence electrons. The number of nitrogens with one attached hydrogen (secondary N) is 2. The van der Waals surface area contributed by atoms with Gasteiger partial charge < -0.3 is 15.2 Å². The molecule has 0 bridgehead atoms. The van der Waals surface area contributed by atoms with Crippen LogP contribution in [0.5, 0.6) is 5.75 Å². The number of alkyl halides is 5. The summed E-state index contributed by atoms with van der Waals surface area (Å²) < 4.78 is 136. The number of pyridine rings is 1. The van der Waals surface area contributed by atoms with E-state index >= 15 is 8.78 Å². The fraction of sp³-hybridized carbons (Fsp3) is 0.368. The average Bonchev–Trinajstić information content (AvgIpc) is 3.71. The van der Waals surface area contributed by atoms with Crippen molar-refractivity contribution in [1.82, 2.24) is 29.9 Å². The molecule has 6 rings (SSSR count). The number of methoxy groups -OCH3 is 1. The van der Waals surface area contributed by atoms with Gasteiger partial charge >= 0.3 is 6.18 Å². The third kappa shape index (κ3) is 9.11. The number of fused-ring (bicyclic) bond motifs is 2. The first kappa shape index (κ1) is 43.2. The number of hydrogen-bond acceptors (Lipinski definition) is 8. The van der Waals surface area contributed by atoms with Gasteiger partial charge in [-0.1, -0.05) is 30.5 Å². The Hall–Kier alpha value is -5.39. The summed E-state index contributed by atoms with van der Waals surface area (Å²) in [5.74, 6) is -2.95. The second-order valence-electron chi connectivity index (χ2n) is 14.6. The lowest BCUT2D eigenvalue weighted by molar-refractivity contribution is -0.142. The molecule has 3 N–H and O–H groups in total. The summed E-state index contributed by atoms with van der Waals surface area (Å²) in [4.78, 5) is 18.7. The van der Waals surface area contributed by atoms with E-state index in [2.05, 4.69) is 32.1 Å². The molecular weight excluding hydrogens is 835 g/mol. The van der Waals surface area contributed by atoms with E-state index in [0.29, 0.717) is 10.7 Å². The number of carbonyl (C=O) groups is 1. The molecule has 1 aliphatic rings. The van der Waals surface area contributed by atoms with E-state index in [9.17, 15) is 40.3 Å². The molecule has 59 heavy (non-hydrogen) atoms. The summed E-state index contributed by atoms with van der Waals surface area (Å²) >= 11 is 6.59. The lowest BCUT2D eigenvalue weighted by Gasteiger charge is -2.24. The topological polar surface area (TPSA) is 153 Å². The number of rotatable bonds is 10. The molecular formula is C38H35ClF7N7O5S. The molecule has 0 unspecified atom stereocenters. The monoisotopic (exact) mass is 869 g/mol. The Balaban J connectivity index is 1.59. The van der Waals surface area contributed by atoms with E-state index in [4.69, 9.17) is 21.3 Å². The number of anilines is 1. The summed E-state index contributed by atoms with van der Waals surface area (Å²) in [6, 6.07) is 5.41. The van der Waals surface area contributed by atoms with Crippen LogP contribution in [0.2, 0.25) is 5.02 Å². The summed E-state index contributed by atoms with van der Waals surface area (Å²) in [6.07, 6.45) is -5.62. The first-order valence-electron chi connectivity index (χ1n) is 17.5. The number of halogens is 8. The highest BCUT2D eigenvalue weighted by Gasteiger charge is 2.53. The number of aliphatic hydroxyl groups is 1. The molecule has 0 aliphatic heterocycles. The van der Waals surface area contributed by atoms with Gasteiger partial charge in [0, 0.05) is 36.2 Å². The third-order valence-electron chi connectivity index (χ3n) is 9.21. The molecule has 1 amide bonds. The van der Waals surface area contributed by atoms with E-state index in [0.717, 1.165) is 18.4 Å². The molecule has 0 radical (unpaired) electrons. The van der Waals surface area contributed by atoms with Crippen molar-refractivity contribution in [2.45, 2.75) is 69.8 Å². The normalized spacial score (nSPS) is 15.7. The maximum Gasteiger partial charge on any atom is 0.435 e. The van der Waals surface area contributed by atoms with Crippen LogP contribution in [0.15, 0.2) is 36.4 Å². The minimum absolute atomic E-state index is 0.0188. The smallest absolute Gasteiger partial charge is 0.435 e. The predicted octanol–water partition coefficient (Wildman–Crippen LogP) is 6.98. The summed E-state index contributed by atoms with van der Waals surface area (Å²) in [5.41, 5.74) is -4.60. The zero-order valence-corrected chi connectivity index (χ0v) is 33.6. The van der Waals surface area contributed by atoms with Crippen molar-refractivity contribution >= 4 is 44.3 Å². The molecule has 5 aromatic rings. The van der Waals surface area contributed by atoms with Crippen molar-refractivity contribution in [1.29, 1.82) is 0 Å². The Morgan fingerprint density at radius 3 is 2.37 bits per heavy atom. The largest absolute Gasteiger partial charge is 0.494 e. The van der Waals surface area contributed by atoms with E-state index < -0.39 is 93.6 Å². The van der Waals surface area contributed by atoms with Crippen LogP contribution in [0.1, 0.15) is 73.1 Å². The van der Waals surface area contributed by atoms with Gasteiger partial charge in [0.15, 0.2) is 23.0 Å². The van der Waals surface area contributed by atoms with Crippen LogP contribution < -0.4 is 14.8 Å². The van der Waals surface area contributed by atoms with Crippen LogP contribution in [0.25, 0.3) is 22.0 Å². The van der Waals surface area contributed by atoms with Crippen LogP contribution in [0, 0.1) is 23.5 Å². The Morgan fingerprint density at radius 1 is 1.12 bits per heavy atom. The Bertz CT molecular complexity index is 2660. The minimum Gasteiger partial charge on any atom is -0.494 e. The van der Waals surface area contributed by atoms with Gasteiger partial charge in [-0.05, 0) is 61.9 Å². The van der Waals surface area contributed by atoms with Gasteiger partial charge in [-0.25, -0.2) is 22.2 Å². The molecule has 0 fully saturated rings. The summed E-state index contributed by atoms with van der Waals surface area (Å²) in [5, 5.41) is 20.9. The second kappa shape index (κ2) is 15.3. The van der Waals surface area contributed by atoms with Crippen LogP contribution in [0.4, 0.5) is 36.6 Å². The number of carbonyl (C=O) groups excluding carboxylic acids is 1. The Labute approximate surface area is 337 Å². The maximum atomic E-state index is 15.2. The molecule has 0 spiro atoms. The first-order chi connectivity index (χ1) is 27.3. The molecule has 2 aromatic carbocycles. The fourth-order valence-electron chi connectivity index (χ4n) is 7.08. The van der Waals surface area contributed by atoms with E-state index in [1.807, 2.05) is 0 Å². The average molecular weight is 870 g/mol. The minimum atomic E-state index is -5.13. The standard InChI is InChI=1S/C38H35ClF7N7O5S/c1-18-16-37(42,43)34-29(18)33(38(44,45)46)49-53(34)17-28(54)47-26(13-19-11-20(40)14-21(41)12-19)31-23(15-27(58-5)25(48-31)9-10-36(2,3)55)22-7-8-24(39)30-32(22)52(4)50-35(30)51-59(6,56)57/h7-8,11-12,14-15,18,26,55H,13,16-17H2,1-6H3,(H,47,54)(H,50,51)/t18-,26-/m0/s1. The molecule has 12 nitrogen and oxygen atoms in total. The van der Waals surface area contributed by atoms with Gasteiger partial charge in [0.05, 0.1) is 41.0 Å². The molecule has 2 atom stereocenters. The SMILES string of the molecule is COc1cc(-c2ccc(Cl)c3c(NS(C)(=O)=O)nn(C)c23)c([C@H](Cc2cc(F)cc(F)c2)NC(=O)Cn2nc(C(F)(F)F)c3c2C(F)(F)C[C@@H]3C)nc1C#CC(C)(C)O. The number of aromatic nitrogens is 5. The summed E-state index contributed by atoms with van der Waals surface area (Å²) in [7, 11) is -1.12. The fourth-order valence-corrected chi connectivity index (χ4v) is 7.82. The van der Waals surface area contributed by atoms with Gasteiger partial charge in [0.2, 0.25) is 15.9 Å². The highest BCUT2D eigenvalue weighted by atomic mass is 35.5. The van der Waals surface area contributed by atoms with E-state index in [1.54, 1.807) is 0 Å². The zero-order valence-electron chi connectivity index (χ0n) is 32.0. The zero-order chi connectivity index (χ0) is 43.6. The van der Waals surface area contributed by atoms with Gasteiger partial charge in [0.1, 0.15) is 29.5 Å². The van der Waals surface area contributed by atoms with E-state index in [-0.39, 0.29) is 55.6 Å². The predicted molar refractivity (Wildman–Crippen MR) is 202 cm³/mol. The highest BCUT2D eigenvalue weighted by Crippen LogP contribution is 2.52. The Morgan fingerprint density at radius 2 is 1.78 bits per heavy atom. The van der Waals surface area contributed by atoms with E-state index in [1.165, 1.54) is 57.8 Å². The molecule has 3 heterocycles. The molecule has 0 saturated carbocycles. The van der Waals surface area contributed by atoms with Crippen molar-refractivity contribution in [2.24, 2.45) is 7.05 Å². The quantitative estimate of drug-likeness (QED) is 0.100. The number of aryl methyl sites for hydroxylation is 1. The van der Waals surface area contributed by atoms with Crippen LogP contribution in [0.3, 0.4) is 0 Å². The maximum absolute atomic E-state index is 15.2. The lowest BCUT2D eigenvalue weighted by atomic mass is 9.93. The van der Waals surface area contributed by atoms with Crippen molar-refractivity contribution in [3.63, 3.8) is 0 Å². The number of hydrogen-bond donors (Lipinski definition) is 3. The third-order valence-corrected chi connectivity index (χ3v) is 10.1. The number of benzene rings is 2. The van der Waals surface area contributed by atoms with Gasteiger partial charge in [-0.15, -0.1) is 0 Å². The van der Waals surface area contributed by atoms with Crippen LogP contribution in [-0.2, 0) is 46.9 Å². The Kier molecular flexibility index (Phi) is 11.2. The lowest BCUT2D eigenvalue weighted by Crippen LogP contribution is -2.35. The van der Waals surface area contributed by atoms with Crippen molar-refractivity contribution in [3.05, 3.63) is 87.0 Å². The molecule has 3 aromatic heterocycles. The molecule has 1 aliphatic carbocycles. The number of amides is 1. The number of ether oxygens (including phenoxy) is 1. The van der Waals surface area contributed by atoms with Gasteiger partial charge in [0.25, 0.3) is 5.92 Å². The van der Waals surface area contributed by atoms with Crippen LogP contribution >= 0.6 is 11.6 Å². The summed E-state index contributed by atoms with van der Waals surface area (Å²) in [6.45, 7) is 2.83.